The molecule has 1 fully saturated rings. The van der Waals surface area contributed by atoms with Crippen molar-refractivity contribution in [3.63, 3.8) is 0 Å². The van der Waals surface area contributed by atoms with Crippen LogP contribution in [-0.4, -0.2) is 41.9 Å². The first kappa shape index (κ1) is 13.8. The number of likely N-dealkylation sites (tertiary alicyclic amines) is 1. The highest BCUT2D eigenvalue weighted by molar-refractivity contribution is 5.64. The molecule has 0 aromatic heterocycles. The lowest BCUT2D eigenvalue weighted by Crippen LogP contribution is -2.31. The first-order chi connectivity index (χ1) is 9.19. The Morgan fingerprint density at radius 2 is 2.16 bits per heavy atom. The third-order valence-corrected chi connectivity index (χ3v) is 3.52. The maximum atomic E-state index is 10.6. The Hall–Kier alpha value is -1.59. The SMILES string of the molecule is NC(=O)OCC1C[C@@H](CO)N(Cc2ccccc2)C1. The largest absolute Gasteiger partial charge is 0.449 e. The van der Waals surface area contributed by atoms with Gasteiger partial charge in [-0.1, -0.05) is 30.3 Å². The smallest absolute Gasteiger partial charge is 0.404 e. The number of hydrogen-bond acceptors (Lipinski definition) is 4. The zero-order chi connectivity index (χ0) is 13.7. The first-order valence-electron chi connectivity index (χ1n) is 6.50. The summed E-state index contributed by atoms with van der Waals surface area (Å²) in [5, 5.41) is 9.44. The molecule has 0 spiro atoms. The Morgan fingerprint density at radius 3 is 2.79 bits per heavy atom. The van der Waals surface area contributed by atoms with Crippen LogP contribution in [0.3, 0.4) is 0 Å². The van der Waals surface area contributed by atoms with E-state index in [2.05, 4.69) is 17.0 Å². The Labute approximate surface area is 113 Å². The van der Waals surface area contributed by atoms with E-state index >= 15 is 0 Å². The number of carbonyl (C=O) groups is 1. The number of amides is 1. The number of primary amides is 1. The van der Waals surface area contributed by atoms with Gasteiger partial charge in [-0.15, -0.1) is 0 Å². The average molecular weight is 264 g/mol. The van der Waals surface area contributed by atoms with Crippen LogP contribution >= 0.6 is 0 Å². The molecule has 0 radical (unpaired) electrons. The zero-order valence-electron chi connectivity index (χ0n) is 10.9. The standard InChI is InChI=1S/C14H20N2O3/c15-14(18)19-10-12-6-13(9-17)16(8-12)7-11-4-2-1-3-5-11/h1-5,12-13,17H,6-10H2,(H2,15,18)/t12?,13-/m0/s1. The highest BCUT2D eigenvalue weighted by atomic mass is 16.5. The molecule has 5 heteroatoms. The topological polar surface area (TPSA) is 75.8 Å². The van der Waals surface area contributed by atoms with Crippen molar-refractivity contribution < 1.29 is 14.6 Å². The molecule has 0 aliphatic carbocycles. The maximum Gasteiger partial charge on any atom is 0.404 e. The average Bonchev–Trinajstić information content (AvgIpc) is 2.80. The molecule has 104 valence electrons. The molecule has 1 aliphatic rings. The lowest BCUT2D eigenvalue weighted by Gasteiger charge is -2.22. The van der Waals surface area contributed by atoms with E-state index in [0.29, 0.717) is 6.61 Å². The number of carbonyl (C=O) groups excluding carboxylic acids is 1. The van der Waals surface area contributed by atoms with Gasteiger partial charge in [0.2, 0.25) is 0 Å². The highest BCUT2D eigenvalue weighted by Crippen LogP contribution is 2.25. The van der Waals surface area contributed by atoms with Crippen molar-refractivity contribution in [3.8, 4) is 0 Å². The Balaban J connectivity index is 1.91. The normalized spacial score (nSPS) is 23.4. The number of rotatable bonds is 5. The quantitative estimate of drug-likeness (QED) is 0.830. The molecule has 1 saturated heterocycles. The molecule has 1 heterocycles. The van der Waals surface area contributed by atoms with Gasteiger partial charge in [-0.25, -0.2) is 4.79 Å². The molecule has 1 aliphatic heterocycles. The number of ether oxygens (including phenoxy) is 1. The van der Waals surface area contributed by atoms with Gasteiger partial charge in [0, 0.05) is 25.0 Å². The van der Waals surface area contributed by atoms with E-state index in [1.165, 1.54) is 5.56 Å². The van der Waals surface area contributed by atoms with Crippen LogP contribution in [0.15, 0.2) is 30.3 Å². The second kappa shape index (κ2) is 6.54. The lowest BCUT2D eigenvalue weighted by molar-refractivity contribution is 0.135. The van der Waals surface area contributed by atoms with E-state index in [9.17, 15) is 9.90 Å². The number of benzene rings is 1. The Morgan fingerprint density at radius 1 is 1.42 bits per heavy atom. The molecule has 2 rings (SSSR count). The van der Waals surface area contributed by atoms with Gasteiger partial charge in [0.05, 0.1) is 13.2 Å². The summed E-state index contributed by atoms with van der Waals surface area (Å²) in [5.74, 6) is 0.244. The number of aliphatic hydroxyl groups is 1. The summed E-state index contributed by atoms with van der Waals surface area (Å²) in [5.41, 5.74) is 6.19. The molecule has 1 aromatic rings. The highest BCUT2D eigenvalue weighted by Gasteiger charge is 2.32. The minimum absolute atomic E-state index is 0.125. The van der Waals surface area contributed by atoms with Crippen molar-refractivity contribution in [2.24, 2.45) is 11.7 Å². The van der Waals surface area contributed by atoms with Gasteiger partial charge in [-0.05, 0) is 12.0 Å². The Kier molecular flexibility index (Phi) is 4.76. The second-order valence-electron chi connectivity index (χ2n) is 4.98. The Bertz CT molecular complexity index is 410. The first-order valence-corrected chi connectivity index (χ1v) is 6.50. The monoisotopic (exact) mass is 264 g/mol. The van der Waals surface area contributed by atoms with Gasteiger partial charge in [0.15, 0.2) is 0 Å². The predicted octanol–water partition coefficient (Wildman–Crippen LogP) is 0.965. The molecule has 5 nitrogen and oxygen atoms in total. The van der Waals surface area contributed by atoms with E-state index in [0.717, 1.165) is 19.5 Å². The van der Waals surface area contributed by atoms with Crippen molar-refractivity contribution in [2.75, 3.05) is 19.8 Å². The van der Waals surface area contributed by atoms with Crippen LogP contribution in [0.4, 0.5) is 4.79 Å². The number of nitrogens with two attached hydrogens (primary N) is 1. The fourth-order valence-electron chi connectivity index (χ4n) is 2.61. The molecule has 19 heavy (non-hydrogen) atoms. The molecule has 0 bridgehead atoms. The van der Waals surface area contributed by atoms with E-state index < -0.39 is 6.09 Å². The van der Waals surface area contributed by atoms with E-state index in [1.807, 2.05) is 18.2 Å². The van der Waals surface area contributed by atoms with Crippen molar-refractivity contribution in [2.45, 2.75) is 19.0 Å². The molecule has 1 aromatic carbocycles. The predicted molar refractivity (Wildman–Crippen MR) is 71.4 cm³/mol. The van der Waals surface area contributed by atoms with Crippen LogP contribution in [0, 0.1) is 5.92 Å². The third kappa shape index (κ3) is 3.94. The maximum absolute atomic E-state index is 10.6. The number of nitrogens with zero attached hydrogens (tertiary/aromatic N) is 1. The van der Waals surface area contributed by atoms with Crippen LogP contribution in [-0.2, 0) is 11.3 Å². The van der Waals surface area contributed by atoms with Gasteiger partial charge < -0.3 is 15.6 Å². The lowest BCUT2D eigenvalue weighted by atomic mass is 10.1. The molecular weight excluding hydrogens is 244 g/mol. The summed E-state index contributed by atoms with van der Waals surface area (Å²) < 4.78 is 4.85. The fourth-order valence-corrected chi connectivity index (χ4v) is 2.61. The molecular formula is C14H20N2O3. The second-order valence-corrected chi connectivity index (χ2v) is 4.98. The van der Waals surface area contributed by atoms with E-state index in [4.69, 9.17) is 10.5 Å². The van der Waals surface area contributed by atoms with Crippen LogP contribution < -0.4 is 5.73 Å². The molecule has 1 amide bonds. The molecule has 0 saturated carbocycles. The van der Waals surface area contributed by atoms with Gasteiger partial charge in [0.25, 0.3) is 0 Å². The third-order valence-electron chi connectivity index (χ3n) is 3.52. The molecule has 1 unspecified atom stereocenters. The summed E-state index contributed by atoms with van der Waals surface area (Å²) in [6.07, 6.45) is 0.0958. The van der Waals surface area contributed by atoms with Gasteiger partial charge in [-0.3, -0.25) is 4.90 Å². The van der Waals surface area contributed by atoms with Crippen molar-refractivity contribution in [1.82, 2.24) is 4.90 Å². The minimum Gasteiger partial charge on any atom is -0.449 e. The van der Waals surface area contributed by atoms with Crippen LogP contribution in [0.1, 0.15) is 12.0 Å². The van der Waals surface area contributed by atoms with Gasteiger partial charge >= 0.3 is 6.09 Å². The van der Waals surface area contributed by atoms with Crippen LogP contribution in [0.25, 0.3) is 0 Å². The zero-order valence-corrected chi connectivity index (χ0v) is 10.9. The van der Waals surface area contributed by atoms with Gasteiger partial charge in [0.1, 0.15) is 0 Å². The van der Waals surface area contributed by atoms with Crippen molar-refractivity contribution >= 4 is 6.09 Å². The molecule has 2 atom stereocenters. The minimum atomic E-state index is -0.734. The van der Waals surface area contributed by atoms with Crippen molar-refractivity contribution in [1.29, 1.82) is 0 Å². The van der Waals surface area contributed by atoms with Gasteiger partial charge in [-0.2, -0.15) is 0 Å². The summed E-state index contributed by atoms with van der Waals surface area (Å²) in [4.78, 5) is 12.8. The van der Waals surface area contributed by atoms with Crippen molar-refractivity contribution in [3.05, 3.63) is 35.9 Å². The number of hydrogen-bond donors (Lipinski definition) is 2. The van der Waals surface area contributed by atoms with Crippen LogP contribution in [0.5, 0.6) is 0 Å². The van der Waals surface area contributed by atoms with E-state index in [1.54, 1.807) is 0 Å². The number of aliphatic hydroxyl groups excluding tert-OH is 1. The van der Waals surface area contributed by atoms with Crippen LogP contribution in [0.2, 0.25) is 0 Å². The van der Waals surface area contributed by atoms with E-state index in [-0.39, 0.29) is 18.6 Å². The fraction of sp³-hybridized carbons (Fsp3) is 0.500. The summed E-state index contributed by atoms with van der Waals surface area (Å²) in [7, 11) is 0. The summed E-state index contributed by atoms with van der Waals surface area (Å²) in [6, 6.07) is 10.3. The molecule has 3 N–H and O–H groups in total. The summed E-state index contributed by atoms with van der Waals surface area (Å²) >= 11 is 0. The summed E-state index contributed by atoms with van der Waals surface area (Å²) in [6.45, 7) is 2.07.